The molecule has 0 fully saturated rings. The van der Waals surface area contributed by atoms with E-state index in [2.05, 4.69) is 15.9 Å². The van der Waals surface area contributed by atoms with Crippen molar-refractivity contribution in [3.8, 4) is 0 Å². The Kier molecular flexibility index (Phi) is 5.13. The molecule has 142 valence electrons. The molecule has 28 heavy (non-hydrogen) atoms. The Labute approximate surface area is 174 Å². The zero-order chi connectivity index (χ0) is 19.7. The lowest BCUT2D eigenvalue weighted by Crippen LogP contribution is -2.36. The topological polar surface area (TPSA) is 37.4 Å². The van der Waals surface area contributed by atoms with Gasteiger partial charge in [-0.1, -0.05) is 76.1 Å². The van der Waals surface area contributed by atoms with E-state index in [0.29, 0.717) is 11.3 Å². The minimum absolute atomic E-state index is 0.257. The highest BCUT2D eigenvalue weighted by Crippen LogP contribution is 2.37. The van der Waals surface area contributed by atoms with Gasteiger partial charge in [0.1, 0.15) is 0 Å². The lowest BCUT2D eigenvalue weighted by atomic mass is 10.1. The van der Waals surface area contributed by atoms with Crippen LogP contribution in [0.25, 0.3) is 6.08 Å². The molecule has 0 saturated carbocycles. The number of hydrogen-bond donors (Lipinski definition) is 0. The van der Waals surface area contributed by atoms with Crippen molar-refractivity contribution < 1.29 is 8.42 Å². The van der Waals surface area contributed by atoms with Crippen LogP contribution in [0.2, 0.25) is 0 Å². The van der Waals surface area contributed by atoms with E-state index in [1.807, 2.05) is 79.7 Å². The number of aryl methyl sites for hydroxylation is 1. The molecule has 1 unspecified atom stereocenters. The first-order chi connectivity index (χ1) is 13.4. The van der Waals surface area contributed by atoms with Crippen molar-refractivity contribution in [2.45, 2.75) is 24.3 Å². The number of nitrogens with zero attached hydrogens (tertiary/aromatic N) is 1. The van der Waals surface area contributed by atoms with E-state index >= 15 is 0 Å². The summed E-state index contributed by atoms with van der Waals surface area (Å²) < 4.78 is 29.5. The predicted octanol–water partition coefficient (Wildman–Crippen LogP) is 5.59. The molecule has 3 aromatic rings. The van der Waals surface area contributed by atoms with E-state index < -0.39 is 10.0 Å². The van der Waals surface area contributed by atoms with Crippen LogP contribution in [0.4, 0.5) is 5.69 Å². The molecule has 3 nitrogen and oxygen atoms in total. The SMILES string of the molecule is Cc1ccc(S(=O)(=O)N2c3ccccc3CC2/C=C/c2ccc(Br)cc2)cc1. The molecule has 0 radical (unpaired) electrons. The van der Waals surface area contributed by atoms with Crippen molar-refractivity contribution in [2.75, 3.05) is 4.31 Å². The second kappa shape index (κ2) is 7.57. The summed E-state index contributed by atoms with van der Waals surface area (Å²) in [5.41, 5.74) is 3.87. The van der Waals surface area contributed by atoms with Gasteiger partial charge in [-0.2, -0.15) is 0 Å². The average molecular weight is 454 g/mol. The third-order valence-corrected chi connectivity index (χ3v) is 7.30. The van der Waals surface area contributed by atoms with Gasteiger partial charge in [-0.25, -0.2) is 8.42 Å². The van der Waals surface area contributed by atoms with Crippen molar-refractivity contribution in [1.82, 2.24) is 0 Å². The van der Waals surface area contributed by atoms with E-state index in [-0.39, 0.29) is 6.04 Å². The van der Waals surface area contributed by atoms with Crippen LogP contribution in [0, 0.1) is 6.92 Å². The second-order valence-corrected chi connectivity index (χ2v) is 9.66. The highest BCUT2D eigenvalue weighted by Gasteiger charge is 2.36. The van der Waals surface area contributed by atoms with Gasteiger partial charge in [-0.05, 0) is 54.8 Å². The fraction of sp³-hybridized carbons (Fsp3) is 0.130. The molecule has 3 aromatic carbocycles. The molecular formula is C23H20BrNO2S. The van der Waals surface area contributed by atoms with Gasteiger partial charge in [0.05, 0.1) is 16.6 Å². The molecule has 0 saturated heterocycles. The zero-order valence-corrected chi connectivity index (χ0v) is 17.8. The maximum atomic E-state index is 13.5. The molecule has 0 amide bonds. The quantitative estimate of drug-likeness (QED) is 0.516. The summed E-state index contributed by atoms with van der Waals surface area (Å²) in [5.74, 6) is 0. The Morgan fingerprint density at radius 1 is 0.964 bits per heavy atom. The van der Waals surface area contributed by atoms with E-state index in [1.165, 1.54) is 0 Å². The monoisotopic (exact) mass is 453 g/mol. The zero-order valence-electron chi connectivity index (χ0n) is 15.4. The maximum Gasteiger partial charge on any atom is 0.264 e. The number of hydrogen-bond acceptors (Lipinski definition) is 2. The molecule has 1 atom stereocenters. The number of para-hydroxylation sites is 1. The van der Waals surface area contributed by atoms with Crippen molar-refractivity contribution in [3.05, 3.63) is 100 Å². The highest BCUT2D eigenvalue weighted by atomic mass is 79.9. The van der Waals surface area contributed by atoms with Crippen LogP contribution < -0.4 is 4.31 Å². The molecule has 0 bridgehead atoms. The van der Waals surface area contributed by atoms with Crippen LogP contribution >= 0.6 is 15.9 Å². The lowest BCUT2D eigenvalue weighted by Gasteiger charge is -2.25. The number of fused-ring (bicyclic) bond motifs is 1. The van der Waals surface area contributed by atoms with Crippen LogP contribution in [0.5, 0.6) is 0 Å². The molecule has 4 rings (SSSR count). The van der Waals surface area contributed by atoms with Crippen LogP contribution in [0.3, 0.4) is 0 Å². The first-order valence-corrected chi connectivity index (χ1v) is 11.3. The number of sulfonamides is 1. The van der Waals surface area contributed by atoms with Crippen LogP contribution in [0.1, 0.15) is 16.7 Å². The normalized spacial score (nSPS) is 16.5. The molecule has 1 aliphatic rings. The maximum absolute atomic E-state index is 13.5. The van der Waals surface area contributed by atoms with Crippen molar-refractivity contribution >= 4 is 37.7 Å². The first kappa shape index (κ1) is 19.0. The Balaban J connectivity index is 1.74. The van der Waals surface area contributed by atoms with Crippen molar-refractivity contribution in [3.63, 3.8) is 0 Å². The van der Waals surface area contributed by atoms with Gasteiger partial charge in [-0.3, -0.25) is 4.31 Å². The summed E-state index contributed by atoms with van der Waals surface area (Å²) in [6, 6.07) is 22.5. The molecule has 0 spiro atoms. The summed E-state index contributed by atoms with van der Waals surface area (Å²) >= 11 is 3.44. The third kappa shape index (κ3) is 3.64. The van der Waals surface area contributed by atoms with E-state index in [4.69, 9.17) is 0 Å². The van der Waals surface area contributed by atoms with E-state index in [0.717, 1.165) is 26.9 Å². The van der Waals surface area contributed by atoms with Gasteiger partial charge in [0.25, 0.3) is 10.0 Å². The highest BCUT2D eigenvalue weighted by molar-refractivity contribution is 9.10. The Bertz CT molecular complexity index is 1120. The Morgan fingerprint density at radius 3 is 2.36 bits per heavy atom. The van der Waals surface area contributed by atoms with Gasteiger partial charge in [0.15, 0.2) is 0 Å². The minimum Gasteiger partial charge on any atom is -0.259 e. The predicted molar refractivity (Wildman–Crippen MR) is 118 cm³/mol. The third-order valence-electron chi connectivity index (χ3n) is 4.92. The van der Waals surface area contributed by atoms with Crippen molar-refractivity contribution in [2.24, 2.45) is 0 Å². The number of benzene rings is 3. The summed E-state index contributed by atoms with van der Waals surface area (Å²) in [5, 5.41) is 0. The van der Waals surface area contributed by atoms with Gasteiger partial charge in [0.2, 0.25) is 0 Å². The summed E-state index contributed by atoms with van der Waals surface area (Å²) in [6.07, 6.45) is 4.63. The van der Waals surface area contributed by atoms with Gasteiger partial charge >= 0.3 is 0 Å². The molecule has 0 aliphatic carbocycles. The number of rotatable bonds is 4. The number of anilines is 1. The Morgan fingerprint density at radius 2 is 1.64 bits per heavy atom. The standard InChI is InChI=1S/C23H20BrNO2S/c1-17-6-14-22(15-7-17)28(26,27)25-21(16-19-4-2-3-5-23(19)25)13-10-18-8-11-20(24)12-9-18/h2-15,21H,16H2,1H3/b13-10+. The Hall–Kier alpha value is -2.37. The average Bonchev–Trinajstić information content (AvgIpc) is 3.07. The largest absolute Gasteiger partial charge is 0.264 e. The molecule has 0 aromatic heterocycles. The summed E-state index contributed by atoms with van der Waals surface area (Å²) in [7, 11) is -3.65. The number of halogens is 1. The van der Waals surface area contributed by atoms with Gasteiger partial charge in [-0.15, -0.1) is 0 Å². The summed E-state index contributed by atoms with van der Waals surface area (Å²) in [6.45, 7) is 1.95. The first-order valence-electron chi connectivity index (χ1n) is 9.08. The fourth-order valence-corrected chi connectivity index (χ4v) is 5.37. The molecule has 0 N–H and O–H groups in total. The van der Waals surface area contributed by atoms with Gasteiger partial charge < -0.3 is 0 Å². The smallest absolute Gasteiger partial charge is 0.259 e. The van der Waals surface area contributed by atoms with Gasteiger partial charge in [0, 0.05) is 4.47 Å². The summed E-state index contributed by atoms with van der Waals surface area (Å²) in [4.78, 5) is 0.317. The van der Waals surface area contributed by atoms with E-state index in [1.54, 1.807) is 16.4 Å². The van der Waals surface area contributed by atoms with Crippen LogP contribution in [-0.2, 0) is 16.4 Å². The fourth-order valence-electron chi connectivity index (χ4n) is 3.46. The van der Waals surface area contributed by atoms with E-state index in [9.17, 15) is 8.42 Å². The molecular weight excluding hydrogens is 434 g/mol. The molecule has 5 heteroatoms. The second-order valence-electron chi connectivity index (χ2n) is 6.92. The van der Waals surface area contributed by atoms with Crippen LogP contribution in [-0.4, -0.2) is 14.5 Å². The van der Waals surface area contributed by atoms with Crippen molar-refractivity contribution in [1.29, 1.82) is 0 Å². The van der Waals surface area contributed by atoms with Crippen LogP contribution in [0.15, 0.2) is 88.2 Å². The molecule has 1 aliphatic heterocycles. The minimum atomic E-state index is -3.65. The molecule has 1 heterocycles. The lowest BCUT2D eigenvalue weighted by molar-refractivity contribution is 0.588.